The van der Waals surface area contributed by atoms with Gasteiger partial charge in [-0.1, -0.05) is 69.7 Å². The lowest BCUT2D eigenvalue weighted by molar-refractivity contribution is 0.484. The van der Waals surface area contributed by atoms with Crippen LogP contribution in [0.15, 0.2) is 90.1 Å². The van der Waals surface area contributed by atoms with E-state index in [0.717, 1.165) is 6.07 Å². The van der Waals surface area contributed by atoms with Crippen LogP contribution in [0, 0.1) is 0 Å². The molecule has 3 N–H and O–H groups in total. The number of benzene rings is 2. The van der Waals surface area contributed by atoms with E-state index in [1.165, 1.54) is 6.07 Å². The van der Waals surface area contributed by atoms with Gasteiger partial charge in [-0.3, -0.25) is 4.55 Å². The summed E-state index contributed by atoms with van der Waals surface area (Å²) in [5, 5.41) is 16.2. The lowest BCUT2D eigenvalue weighted by Gasteiger charge is -2.08. The number of hydrogen-bond acceptors (Lipinski definition) is 6. The highest BCUT2D eigenvalue weighted by Gasteiger charge is 2.19. The highest BCUT2D eigenvalue weighted by Crippen LogP contribution is 2.40. The first-order valence-electron chi connectivity index (χ1n) is 7.64. The summed E-state index contributed by atoms with van der Waals surface area (Å²) < 4.78 is 33.7. The van der Waals surface area contributed by atoms with Gasteiger partial charge < -0.3 is 5.84 Å². The van der Waals surface area contributed by atoms with Gasteiger partial charge in [-0.25, -0.2) is 0 Å². The number of hydrogen-bond donors (Lipinski definition) is 2. The van der Waals surface area contributed by atoms with Crippen molar-refractivity contribution in [3.05, 3.63) is 64.7 Å². The number of nitrogens with two attached hydrogens (primary N) is 1. The van der Waals surface area contributed by atoms with Gasteiger partial charge in [0.25, 0.3) is 10.1 Å². The van der Waals surface area contributed by atoms with Crippen molar-refractivity contribution >= 4 is 59.8 Å². The van der Waals surface area contributed by atoms with Crippen molar-refractivity contribution in [2.45, 2.75) is 4.90 Å². The summed E-state index contributed by atoms with van der Waals surface area (Å²) in [6.45, 7) is 3.80. The minimum atomic E-state index is -4.50. The van der Waals surface area contributed by atoms with E-state index in [0.29, 0.717) is 14.9 Å². The molecule has 0 fully saturated rings. The zero-order valence-electron chi connectivity index (χ0n) is 14.3. The summed E-state index contributed by atoms with van der Waals surface area (Å²) in [5.74, 6) is 5.17. The number of nitrogens with zero attached hydrogens (tertiary/aromatic N) is 4. The molecule has 0 amide bonds. The largest absolute Gasteiger partial charge is 0.305 e. The maximum Gasteiger partial charge on any atom is 0.295 e. The average molecular weight is 485 g/mol. The third-order valence-electron chi connectivity index (χ3n) is 3.33. The number of allylic oxidation sites excluding steroid dienone is 4. The first kappa shape index (κ1) is 21.9. The van der Waals surface area contributed by atoms with Crippen LogP contribution in [0.1, 0.15) is 0 Å². The van der Waals surface area contributed by atoms with E-state index in [2.05, 4.69) is 43.1 Å². The van der Waals surface area contributed by atoms with Gasteiger partial charge in [0.15, 0.2) is 0 Å². The van der Waals surface area contributed by atoms with Gasteiger partial charge in [0.2, 0.25) is 0 Å². The second-order valence-electron chi connectivity index (χ2n) is 5.28. The molecule has 0 aliphatic heterocycles. The maximum atomic E-state index is 11.8. The molecule has 0 bridgehead atoms. The Balaban J connectivity index is 2.47. The molecule has 8 nitrogen and oxygen atoms in total. The molecule has 0 spiro atoms. The standard InChI is InChI=1S/C17H15BrClN5O3S/c1-11(18)9-12(19)5-4-8-21-22-15-10-16(28(25,26)27)13-6-2-3-7-14(13)17(15)23-24-20/h2-7,9-10H,1,8H2,(H2,20,23)(H,25,26,27)/b5-4-,12-9+,22-21?. The summed E-state index contributed by atoms with van der Waals surface area (Å²) in [4.78, 5) is -0.314. The zero-order valence-corrected chi connectivity index (χ0v) is 17.5. The summed E-state index contributed by atoms with van der Waals surface area (Å²) in [6, 6.07) is 7.62. The predicted octanol–water partition coefficient (Wildman–Crippen LogP) is 5.72. The Morgan fingerprint density at radius 3 is 2.57 bits per heavy atom. The molecule has 2 aromatic carbocycles. The van der Waals surface area contributed by atoms with Crippen LogP contribution in [0.5, 0.6) is 0 Å². The van der Waals surface area contributed by atoms with Crippen molar-refractivity contribution in [1.29, 1.82) is 0 Å². The molecular formula is C17H15BrClN5O3S. The molecule has 0 radical (unpaired) electrons. The average Bonchev–Trinajstić information content (AvgIpc) is 2.61. The van der Waals surface area contributed by atoms with Crippen molar-refractivity contribution in [3.8, 4) is 0 Å². The Morgan fingerprint density at radius 2 is 1.96 bits per heavy atom. The molecule has 0 aromatic heterocycles. The molecule has 2 rings (SSSR count). The third kappa shape index (κ3) is 5.80. The molecule has 0 saturated heterocycles. The topological polar surface area (TPSA) is 130 Å². The minimum Gasteiger partial charge on any atom is -0.305 e. The van der Waals surface area contributed by atoms with Crippen molar-refractivity contribution < 1.29 is 13.0 Å². The van der Waals surface area contributed by atoms with Crippen LogP contribution in [-0.2, 0) is 10.1 Å². The Labute approximate surface area is 175 Å². The van der Waals surface area contributed by atoms with E-state index < -0.39 is 10.1 Å². The molecule has 11 heteroatoms. The molecule has 28 heavy (non-hydrogen) atoms. The van der Waals surface area contributed by atoms with E-state index in [1.807, 2.05) is 0 Å². The molecule has 0 heterocycles. The van der Waals surface area contributed by atoms with Crippen molar-refractivity contribution in [2.24, 2.45) is 26.4 Å². The molecule has 0 saturated carbocycles. The summed E-state index contributed by atoms with van der Waals surface area (Å²) in [6.07, 6.45) is 4.86. The number of halogens is 2. The van der Waals surface area contributed by atoms with Crippen LogP contribution in [0.4, 0.5) is 11.4 Å². The first-order valence-corrected chi connectivity index (χ1v) is 10.2. The highest BCUT2D eigenvalue weighted by molar-refractivity contribution is 9.11. The van der Waals surface area contributed by atoms with E-state index in [4.69, 9.17) is 17.4 Å². The van der Waals surface area contributed by atoms with Crippen molar-refractivity contribution in [3.63, 3.8) is 0 Å². The fourth-order valence-electron chi connectivity index (χ4n) is 2.29. The molecule has 2 aromatic rings. The van der Waals surface area contributed by atoms with Gasteiger partial charge >= 0.3 is 0 Å². The molecule has 0 atom stereocenters. The van der Waals surface area contributed by atoms with Gasteiger partial charge in [-0.05, 0) is 18.2 Å². The smallest absolute Gasteiger partial charge is 0.295 e. The van der Waals surface area contributed by atoms with E-state index in [-0.39, 0.29) is 28.2 Å². The SMILES string of the molecule is C=C(Br)/C=C(Cl)\C=C/CN=Nc1cc(S(=O)(=O)O)c2ccccc2c1N=NN. The highest BCUT2D eigenvalue weighted by atomic mass is 79.9. The first-order chi connectivity index (χ1) is 13.2. The minimum absolute atomic E-state index is 0.0874. The molecule has 146 valence electrons. The van der Waals surface area contributed by atoms with E-state index >= 15 is 0 Å². The van der Waals surface area contributed by atoms with Crippen LogP contribution in [0.2, 0.25) is 0 Å². The van der Waals surface area contributed by atoms with E-state index in [1.54, 1.807) is 36.4 Å². The normalized spacial score (nSPS) is 13.3. The van der Waals surface area contributed by atoms with Gasteiger partial charge in [0, 0.05) is 20.3 Å². The van der Waals surface area contributed by atoms with Gasteiger partial charge in [-0.2, -0.15) is 18.6 Å². The van der Waals surface area contributed by atoms with Crippen LogP contribution < -0.4 is 5.84 Å². The van der Waals surface area contributed by atoms with Crippen LogP contribution >= 0.6 is 27.5 Å². The number of azo groups is 1. The number of rotatable bonds is 7. The number of fused-ring (bicyclic) bond motifs is 1. The lowest BCUT2D eigenvalue weighted by atomic mass is 10.1. The van der Waals surface area contributed by atoms with Gasteiger partial charge in [0.05, 0.1) is 6.54 Å². The second kappa shape index (κ2) is 9.69. The fraction of sp³-hybridized carbons (Fsp3) is 0.0588. The summed E-state index contributed by atoms with van der Waals surface area (Å²) >= 11 is 9.11. The summed E-state index contributed by atoms with van der Waals surface area (Å²) in [5.41, 5.74) is 0.316. The Kier molecular flexibility index (Phi) is 7.58. The van der Waals surface area contributed by atoms with Crippen LogP contribution in [-0.4, -0.2) is 19.5 Å². The molecule has 0 aliphatic carbocycles. The quantitative estimate of drug-likeness (QED) is 0.171. The van der Waals surface area contributed by atoms with Crippen LogP contribution in [0.3, 0.4) is 0 Å². The van der Waals surface area contributed by atoms with Crippen LogP contribution in [0.25, 0.3) is 10.8 Å². The molecular weight excluding hydrogens is 470 g/mol. The predicted molar refractivity (Wildman–Crippen MR) is 113 cm³/mol. The zero-order chi connectivity index (χ0) is 20.7. The van der Waals surface area contributed by atoms with Crippen molar-refractivity contribution in [1.82, 2.24) is 0 Å². The fourth-order valence-corrected chi connectivity index (χ4v) is 3.61. The Morgan fingerprint density at radius 1 is 1.29 bits per heavy atom. The Bertz CT molecular complexity index is 1130. The molecule has 0 aliphatic rings. The maximum absolute atomic E-state index is 11.8. The van der Waals surface area contributed by atoms with E-state index in [9.17, 15) is 13.0 Å². The monoisotopic (exact) mass is 483 g/mol. The van der Waals surface area contributed by atoms with Gasteiger partial charge in [0.1, 0.15) is 16.3 Å². The van der Waals surface area contributed by atoms with Crippen molar-refractivity contribution in [2.75, 3.05) is 6.54 Å². The van der Waals surface area contributed by atoms with Gasteiger partial charge in [-0.15, -0.1) is 5.11 Å². The summed E-state index contributed by atoms with van der Waals surface area (Å²) in [7, 11) is -4.50. The second-order valence-corrected chi connectivity index (χ2v) is 8.13. The Hall–Kier alpha value is -2.40. The lowest BCUT2D eigenvalue weighted by Crippen LogP contribution is -1.99. The third-order valence-corrected chi connectivity index (χ3v) is 4.69. The molecule has 0 unspecified atom stereocenters.